The van der Waals surface area contributed by atoms with E-state index in [4.69, 9.17) is 14.2 Å². The molecular formula is C30H26N4O7. The highest BCUT2D eigenvalue weighted by Gasteiger charge is 2.46. The molecule has 2 unspecified atom stereocenters. The molecule has 3 aliphatic heterocycles. The first-order chi connectivity index (χ1) is 20.1. The van der Waals surface area contributed by atoms with Crippen LogP contribution in [-0.2, 0) is 14.2 Å². The number of nitrogens with zero attached hydrogens (tertiary/aromatic N) is 4. The van der Waals surface area contributed by atoms with Crippen molar-refractivity contribution >= 4 is 12.1 Å². The molecule has 3 aliphatic rings. The number of fused-ring (bicyclic) bond motifs is 7. The quantitative estimate of drug-likeness (QED) is 0.280. The molecule has 4 aromatic rings. The van der Waals surface area contributed by atoms with Crippen molar-refractivity contribution in [3.05, 3.63) is 106 Å². The number of hydrogen-bond donors (Lipinski definition) is 0. The van der Waals surface area contributed by atoms with Crippen molar-refractivity contribution in [2.24, 2.45) is 0 Å². The Morgan fingerprint density at radius 3 is 2.63 bits per heavy atom. The van der Waals surface area contributed by atoms with E-state index < -0.39 is 24.5 Å². The Bertz CT molecular complexity index is 1670. The van der Waals surface area contributed by atoms with E-state index in [2.05, 4.69) is 44.6 Å². The number of amides is 1. The fourth-order valence-electron chi connectivity index (χ4n) is 6.02. The SMILES string of the molecule is COC(=O)OCOc1c2n(ccc1=O)N(C1c3ccccc3-c3cccn3-c3ccccc31)C1COCCN1C2=O. The molecule has 0 bridgehead atoms. The summed E-state index contributed by atoms with van der Waals surface area (Å²) in [4.78, 5) is 40.3. The number of methoxy groups -OCH3 is 1. The molecule has 0 saturated carbocycles. The predicted molar refractivity (Wildman–Crippen MR) is 147 cm³/mol. The van der Waals surface area contributed by atoms with Crippen molar-refractivity contribution in [3.8, 4) is 22.7 Å². The highest BCUT2D eigenvalue weighted by molar-refractivity contribution is 5.97. The van der Waals surface area contributed by atoms with Crippen LogP contribution in [0, 0.1) is 0 Å². The van der Waals surface area contributed by atoms with E-state index in [1.165, 1.54) is 13.2 Å². The van der Waals surface area contributed by atoms with Crippen LogP contribution in [0.2, 0.25) is 0 Å². The highest BCUT2D eigenvalue weighted by atomic mass is 16.8. The van der Waals surface area contributed by atoms with Gasteiger partial charge in [0.2, 0.25) is 18.0 Å². The van der Waals surface area contributed by atoms with Crippen molar-refractivity contribution in [1.82, 2.24) is 14.1 Å². The summed E-state index contributed by atoms with van der Waals surface area (Å²) in [5, 5.41) is 2.08. The number of pyridine rings is 1. The van der Waals surface area contributed by atoms with Crippen LogP contribution in [0.25, 0.3) is 16.9 Å². The van der Waals surface area contributed by atoms with Crippen LogP contribution < -0.4 is 15.2 Å². The van der Waals surface area contributed by atoms with Crippen molar-refractivity contribution in [1.29, 1.82) is 0 Å². The molecule has 1 amide bonds. The van der Waals surface area contributed by atoms with Gasteiger partial charge in [-0.1, -0.05) is 42.5 Å². The Morgan fingerprint density at radius 2 is 1.78 bits per heavy atom. The molecule has 2 atom stereocenters. The van der Waals surface area contributed by atoms with Crippen molar-refractivity contribution in [2.45, 2.75) is 12.2 Å². The summed E-state index contributed by atoms with van der Waals surface area (Å²) in [6.07, 6.45) is 2.19. The maximum atomic E-state index is 14.0. The molecule has 1 saturated heterocycles. The number of aromatic nitrogens is 2. The van der Waals surface area contributed by atoms with E-state index in [0.717, 1.165) is 28.1 Å². The van der Waals surface area contributed by atoms with E-state index >= 15 is 0 Å². The van der Waals surface area contributed by atoms with Gasteiger partial charge in [-0.05, 0) is 23.8 Å². The number of rotatable bonds is 4. The maximum absolute atomic E-state index is 14.0. The van der Waals surface area contributed by atoms with Crippen LogP contribution in [0.1, 0.15) is 27.7 Å². The summed E-state index contributed by atoms with van der Waals surface area (Å²) in [5.74, 6) is -0.584. The molecule has 0 aliphatic carbocycles. The zero-order chi connectivity index (χ0) is 28.1. The lowest BCUT2D eigenvalue weighted by Crippen LogP contribution is -2.66. The van der Waals surface area contributed by atoms with Gasteiger partial charge in [0.25, 0.3) is 5.91 Å². The van der Waals surface area contributed by atoms with Gasteiger partial charge in [-0.15, -0.1) is 0 Å². The van der Waals surface area contributed by atoms with Gasteiger partial charge in [-0.25, -0.2) is 4.79 Å². The van der Waals surface area contributed by atoms with Crippen LogP contribution in [0.4, 0.5) is 4.79 Å². The molecule has 41 heavy (non-hydrogen) atoms. The van der Waals surface area contributed by atoms with E-state index in [-0.39, 0.29) is 30.0 Å². The lowest BCUT2D eigenvalue weighted by molar-refractivity contribution is -0.0208. The Hall–Kier alpha value is -5.03. The third-order valence-electron chi connectivity index (χ3n) is 7.74. The zero-order valence-electron chi connectivity index (χ0n) is 22.1. The fraction of sp³-hybridized carbons (Fsp3) is 0.233. The van der Waals surface area contributed by atoms with E-state index in [1.807, 2.05) is 36.5 Å². The molecule has 5 heterocycles. The van der Waals surface area contributed by atoms with Crippen LogP contribution >= 0.6 is 0 Å². The molecule has 208 valence electrons. The first-order valence-electron chi connectivity index (χ1n) is 13.2. The average molecular weight is 555 g/mol. The summed E-state index contributed by atoms with van der Waals surface area (Å²) in [6.45, 7) is 0.366. The largest absolute Gasteiger partial charge is 0.510 e. The topological polar surface area (TPSA) is 104 Å². The molecule has 0 radical (unpaired) electrons. The first-order valence-corrected chi connectivity index (χ1v) is 13.2. The lowest BCUT2D eigenvalue weighted by Gasteiger charge is -2.51. The number of morpholine rings is 1. The summed E-state index contributed by atoms with van der Waals surface area (Å²) in [5.41, 5.74) is 4.66. The van der Waals surface area contributed by atoms with Crippen molar-refractivity contribution < 1.29 is 28.5 Å². The van der Waals surface area contributed by atoms with Gasteiger partial charge in [0, 0.05) is 36.1 Å². The first kappa shape index (κ1) is 25.0. The third kappa shape index (κ3) is 3.88. The van der Waals surface area contributed by atoms with Gasteiger partial charge >= 0.3 is 6.16 Å². The Labute approximate surface area is 234 Å². The molecule has 11 heteroatoms. The van der Waals surface area contributed by atoms with Crippen LogP contribution in [0.15, 0.2) is 83.9 Å². The minimum Gasteiger partial charge on any atom is -0.451 e. The standard InChI is InChI=1S/C30H26N4O7/c1-38-30(37)41-18-40-28-24(35)12-14-33-27(28)29(36)32-15-16-39-17-25(32)34(33)26-20-8-3-2-7-19(20)22-11-6-13-31(22)23-10-5-4-9-21(23)26/h2-14,25-26H,15-18H2,1H3. The Balaban J connectivity index is 1.46. The third-order valence-corrected chi connectivity index (χ3v) is 7.74. The van der Waals surface area contributed by atoms with Gasteiger partial charge in [0.05, 0.1) is 31.7 Å². The second kappa shape index (κ2) is 9.86. The summed E-state index contributed by atoms with van der Waals surface area (Å²) in [6, 6.07) is 21.4. The molecule has 11 nitrogen and oxygen atoms in total. The molecule has 0 spiro atoms. The van der Waals surface area contributed by atoms with E-state index in [0.29, 0.717) is 13.2 Å². The number of carbonyl (C=O) groups is 2. The normalized spacial score (nSPS) is 18.7. The van der Waals surface area contributed by atoms with Crippen LogP contribution in [0.3, 0.4) is 0 Å². The molecule has 2 aromatic carbocycles. The average Bonchev–Trinajstić information content (AvgIpc) is 3.46. The predicted octanol–water partition coefficient (Wildman–Crippen LogP) is 3.28. The zero-order valence-corrected chi connectivity index (χ0v) is 22.1. The number of para-hydroxylation sites is 1. The number of ether oxygens (including phenoxy) is 4. The smallest absolute Gasteiger partial charge is 0.451 e. The van der Waals surface area contributed by atoms with Gasteiger partial charge < -0.3 is 28.4 Å². The molecule has 2 aromatic heterocycles. The van der Waals surface area contributed by atoms with Crippen LogP contribution in [-0.4, -0.2) is 66.0 Å². The minimum atomic E-state index is -0.966. The second-order valence-corrected chi connectivity index (χ2v) is 9.81. The molecule has 1 fully saturated rings. The number of carbonyl (C=O) groups excluding carboxylic acids is 2. The van der Waals surface area contributed by atoms with Crippen molar-refractivity contribution in [2.75, 3.05) is 38.7 Å². The highest BCUT2D eigenvalue weighted by Crippen LogP contribution is 2.44. The van der Waals surface area contributed by atoms with Gasteiger partial charge in [-0.3, -0.25) is 19.3 Å². The van der Waals surface area contributed by atoms with E-state index in [9.17, 15) is 14.4 Å². The van der Waals surface area contributed by atoms with Gasteiger partial charge in [0.1, 0.15) is 12.2 Å². The summed E-state index contributed by atoms with van der Waals surface area (Å²) < 4.78 is 24.8. The molecular weight excluding hydrogens is 528 g/mol. The van der Waals surface area contributed by atoms with Gasteiger partial charge in [-0.2, -0.15) is 0 Å². The maximum Gasteiger partial charge on any atom is 0.510 e. The Kier molecular flexibility index (Phi) is 6.01. The Morgan fingerprint density at radius 1 is 0.976 bits per heavy atom. The monoisotopic (exact) mass is 554 g/mol. The fourth-order valence-corrected chi connectivity index (χ4v) is 6.02. The van der Waals surface area contributed by atoms with Crippen molar-refractivity contribution in [3.63, 3.8) is 0 Å². The summed E-state index contributed by atoms with van der Waals surface area (Å²) in [7, 11) is 1.17. The molecule has 0 N–H and O–H groups in total. The number of benzene rings is 2. The van der Waals surface area contributed by atoms with E-state index in [1.54, 1.807) is 15.8 Å². The van der Waals surface area contributed by atoms with Gasteiger partial charge in [0.15, 0.2) is 5.69 Å². The number of hydrogen-bond acceptors (Lipinski definition) is 8. The van der Waals surface area contributed by atoms with Crippen LogP contribution in [0.5, 0.6) is 5.75 Å². The molecule has 7 rings (SSSR count). The lowest BCUT2D eigenvalue weighted by atomic mass is 9.92. The minimum absolute atomic E-state index is 0.0444. The summed E-state index contributed by atoms with van der Waals surface area (Å²) >= 11 is 0. The second-order valence-electron chi connectivity index (χ2n) is 9.81.